The minimum Gasteiger partial charge on any atom is -0.192 e. The van der Waals surface area contributed by atoms with Crippen molar-refractivity contribution in [3.8, 4) is 6.07 Å². The van der Waals surface area contributed by atoms with E-state index in [-0.39, 0.29) is 0 Å². The van der Waals surface area contributed by atoms with Gasteiger partial charge in [-0.3, -0.25) is 0 Å². The quantitative estimate of drug-likeness (QED) is 0.614. The van der Waals surface area contributed by atoms with Crippen molar-refractivity contribution in [3.63, 3.8) is 0 Å². The molecule has 1 aromatic carbocycles. The number of nitriles is 1. The maximum absolute atomic E-state index is 8.72. The Labute approximate surface area is 73.6 Å². The van der Waals surface area contributed by atoms with E-state index in [9.17, 15) is 0 Å². The molecule has 58 valence electrons. The van der Waals surface area contributed by atoms with Crippen molar-refractivity contribution in [2.24, 2.45) is 0 Å². The van der Waals surface area contributed by atoms with Crippen LogP contribution in [0, 0.1) is 18.3 Å². The molecule has 3 nitrogen and oxygen atoms in total. The molecule has 1 heterocycles. The van der Waals surface area contributed by atoms with Gasteiger partial charge in [0.1, 0.15) is 11.0 Å². The summed E-state index contributed by atoms with van der Waals surface area (Å²) < 4.78 is 8.12. The van der Waals surface area contributed by atoms with Crippen molar-refractivity contribution in [3.05, 3.63) is 23.3 Å². The number of benzene rings is 1. The number of hydrogen-bond acceptors (Lipinski definition) is 4. The lowest BCUT2D eigenvalue weighted by Crippen LogP contribution is -1.81. The van der Waals surface area contributed by atoms with E-state index in [4.69, 9.17) is 5.26 Å². The predicted octanol–water partition coefficient (Wildman–Crippen LogP) is 1.87. The number of hydrogen-bond donors (Lipinski definition) is 0. The van der Waals surface area contributed by atoms with Gasteiger partial charge in [-0.2, -0.15) is 14.0 Å². The topological polar surface area (TPSA) is 49.6 Å². The van der Waals surface area contributed by atoms with Gasteiger partial charge in [0, 0.05) is 0 Å². The molecule has 0 saturated carbocycles. The van der Waals surface area contributed by atoms with Gasteiger partial charge in [-0.1, -0.05) is 0 Å². The molecule has 0 aliphatic rings. The highest BCUT2D eigenvalue weighted by Crippen LogP contribution is 2.16. The molecular formula is C8H5N3S. The van der Waals surface area contributed by atoms with E-state index in [1.165, 1.54) is 11.7 Å². The first-order valence-corrected chi connectivity index (χ1v) is 4.17. The Morgan fingerprint density at radius 2 is 2.00 bits per heavy atom. The summed E-state index contributed by atoms with van der Waals surface area (Å²) in [6.07, 6.45) is 0. The predicted molar refractivity (Wildman–Crippen MR) is 46.9 cm³/mol. The zero-order valence-corrected chi connectivity index (χ0v) is 7.22. The molecule has 1 aromatic heterocycles. The van der Waals surface area contributed by atoms with Crippen LogP contribution < -0.4 is 0 Å². The first-order valence-electron chi connectivity index (χ1n) is 3.44. The van der Waals surface area contributed by atoms with Gasteiger partial charge < -0.3 is 0 Å². The van der Waals surface area contributed by atoms with E-state index < -0.39 is 0 Å². The van der Waals surface area contributed by atoms with Crippen LogP contribution in [0.5, 0.6) is 0 Å². The number of aryl methyl sites for hydroxylation is 1. The third-order valence-corrected chi connectivity index (χ3v) is 2.28. The monoisotopic (exact) mass is 175 g/mol. The molecule has 4 heteroatoms. The van der Waals surface area contributed by atoms with Gasteiger partial charge in [0.15, 0.2) is 0 Å². The maximum Gasteiger partial charge on any atom is 0.106 e. The fourth-order valence-electron chi connectivity index (χ4n) is 1.06. The van der Waals surface area contributed by atoms with Crippen LogP contribution in [0.4, 0.5) is 0 Å². The van der Waals surface area contributed by atoms with E-state index in [1.54, 1.807) is 6.07 Å². The van der Waals surface area contributed by atoms with Crippen LogP contribution in [0.3, 0.4) is 0 Å². The molecule has 0 saturated heterocycles. The molecule has 2 rings (SSSR count). The Hall–Kier alpha value is -1.47. The largest absolute Gasteiger partial charge is 0.192 e. The van der Waals surface area contributed by atoms with Crippen LogP contribution in [-0.4, -0.2) is 8.75 Å². The second-order valence-corrected chi connectivity index (χ2v) is 3.06. The van der Waals surface area contributed by atoms with Crippen molar-refractivity contribution in [1.29, 1.82) is 5.26 Å². The van der Waals surface area contributed by atoms with Crippen LogP contribution >= 0.6 is 11.7 Å². The SMILES string of the molecule is Cc1cc2nsnc2cc1C#N. The summed E-state index contributed by atoms with van der Waals surface area (Å²) in [6, 6.07) is 5.77. The van der Waals surface area contributed by atoms with E-state index in [2.05, 4.69) is 14.8 Å². The summed E-state index contributed by atoms with van der Waals surface area (Å²) in [6.45, 7) is 1.90. The molecule has 0 fully saturated rings. The Morgan fingerprint density at radius 1 is 1.33 bits per heavy atom. The molecule has 0 N–H and O–H groups in total. The van der Waals surface area contributed by atoms with Crippen LogP contribution in [0.25, 0.3) is 11.0 Å². The van der Waals surface area contributed by atoms with Gasteiger partial charge in [0.2, 0.25) is 0 Å². The van der Waals surface area contributed by atoms with Gasteiger partial charge in [0.05, 0.1) is 23.4 Å². The second kappa shape index (κ2) is 2.54. The highest BCUT2D eigenvalue weighted by molar-refractivity contribution is 7.00. The van der Waals surface area contributed by atoms with E-state index in [0.29, 0.717) is 5.56 Å². The first kappa shape index (κ1) is 7.19. The van der Waals surface area contributed by atoms with E-state index >= 15 is 0 Å². The summed E-state index contributed by atoms with van der Waals surface area (Å²) in [5, 5.41) is 8.72. The molecule has 0 aliphatic heterocycles. The average molecular weight is 175 g/mol. The van der Waals surface area contributed by atoms with Gasteiger partial charge >= 0.3 is 0 Å². The molecular weight excluding hydrogens is 170 g/mol. The minimum absolute atomic E-state index is 0.676. The number of rotatable bonds is 0. The number of nitrogens with zero attached hydrogens (tertiary/aromatic N) is 3. The molecule has 0 amide bonds. The first-order chi connectivity index (χ1) is 5.81. The molecule has 0 radical (unpaired) electrons. The summed E-state index contributed by atoms with van der Waals surface area (Å²) in [7, 11) is 0. The van der Waals surface area contributed by atoms with Gasteiger partial charge in [-0.15, -0.1) is 0 Å². The summed E-state index contributed by atoms with van der Waals surface area (Å²) in [4.78, 5) is 0. The lowest BCUT2D eigenvalue weighted by atomic mass is 10.1. The van der Waals surface area contributed by atoms with Crippen molar-refractivity contribution in [2.75, 3.05) is 0 Å². The zero-order chi connectivity index (χ0) is 8.55. The molecule has 0 unspecified atom stereocenters. The smallest absolute Gasteiger partial charge is 0.106 e. The van der Waals surface area contributed by atoms with Crippen molar-refractivity contribution < 1.29 is 0 Å². The van der Waals surface area contributed by atoms with Crippen molar-refractivity contribution >= 4 is 22.8 Å². The van der Waals surface area contributed by atoms with E-state index in [1.807, 2.05) is 13.0 Å². The molecule has 2 aromatic rings. The van der Waals surface area contributed by atoms with Gasteiger partial charge in [0.25, 0.3) is 0 Å². The van der Waals surface area contributed by atoms with Gasteiger partial charge in [-0.05, 0) is 24.6 Å². The average Bonchev–Trinajstić information content (AvgIpc) is 2.49. The van der Waals surface area contributed by atoms with Crippen LogP contribution in [0.15, 0.2) is 12.1 Å². The lowest BCUT2D eigenvalue weighted by molar-refractivity contribution is 1.40. The molecule has 0 atom stereocenters. The minimum atomic E-state index is 0.676. The zero-order valence-electron chi connectivity index (χ0n) is 6.40. The second-order valence-electron chi connectivity index (χ2n) is 2.53. The van der Waals surface area contributed by atoms with Crippen LogP contribution in [0.2, 0.25) is 0 Å². The fourth-order valence-corrected chi connectivity index (χ4v) is 1.57. The highest BCUT2D eigenvalue weighted by atomic mass is 32.1. The molecule has 0 bridgehead atoms. The molecule has 0 spiro atoms. The third kappa shape index (κ3) is 0.953. The lowest BCUT2D eigenvalue weighted by Gasteiger charge is -1.93. The van der Waals surface area contributed by atoms with Crippen molar-refractivity contribution in [1.82, 2.24) is 8.75 Å². The normalized spacial score (nSPS) is 10.0. The van der Waals surface area contributed by atoms with Crippen LogP contribution in [-0.2, 0) is 0 Å². The summed E-state index contributed by atoms with van der Waals surface area (Å²) in [5.74, 6) is 0. The Kier molecular flexibility index (Phi) is 1.52. The number of fused-ring (bicyclic) bond motifs is 1. The van der Waals surface area contributed by atoms with Crippen molar-refractivity contribution in [2.45, 2.75) is 6.92 Å². The number of aromatic nitrogens is 2. The maximum atomic E-state index is 8.72. The standard InChI is InChI=1S/C8H5N3S/c1-5-2-7-8(11-12-10-7)3-6(5)4-9/h2-3H,1H3. The molecule has 0 aliphatic carbocycles. The summed E-state index contributed by atoms with van der Waals surface area (Å²) in [5.41, 5.74) is 3.31. The fraction of sp³-hybridized carbons (Fsp3) is 0.125. The van der Waals surface area contributed by atoms with Gasteiger partial charge in [-0.25, -0.2) is 0 Å². The summed E-state index contributed by atoms with van der Waals surface area (Å²) >= 11 is 1.17. The Morgan fingerprint density at radius 3 is 2.67 bits per heavy atom. The Bertz CT molecular complexity index is 467. The third-order valence-electron chi connectivity index (χ3n) is 1.72. The van der Waals surface area contributed by atoms with Crippen LogP contribution in [0.1, 0.15) is 11.1 Å². The molecule has 12 heavy (non-hydrogen) atoms. The Balaban J connectivity index is 2.84. The highest BCUT2D eigenvalue weighted by Gasteiger charge is 2.02. The van der Waals surface area contributed by atoms with E-state index in [0.717, 1.165) is 16.6 Å².